The number of rotatable bonds is 4. The number of anilines is 1. The average molecular weight is 197 g/mol. The molecule has 1 rings (SSSR count). The molecule has 1 aromatic rings. The summed E-state index contributed by atoms with van der Waals surface area (Å²) in [5, 5.41) is 4.96. The van der Waals surface area contributed by atoms with E-state index < -0.39 is 6.04 Å². The monoisotopic (exact) mass is 197 g/mol. The summed E-state index contributed by atoms with van der Waals surface area (Å²) in [6.45, 7) is 3.51. The number of nitrogens with two attached hydrogens (primary N) is 1. The van der Waals surface area contributed by atoms with Gasteiger partial charge in [-0.15, -0.1) is 17.9 Å². The van der Waals surface area contributed by atoms with Crippen LogP contribution in [0.25, 0.3) is 0 Å². The Balaban J connectivity index is 2.45. The third-order valence-corrected chi connectivity index (χ3v) is 2.11. The van der Waals surface area contributed by atoms with Crippen molar-refractivity contribution in [2.24, 2.45) is 5.73 Å². The molecule has 5 heteroatoms. The summed E-state index contributed by atoms with van der Waals surface area (Å²) in [6, 6.07) is -0.540. The van der Waals surface area contributed by atoms with Crippen molar-refractivity contribution in [3.05, 3.63) is 24.2 Å². The summed E-state index contributed by atoms with van der Waals surface area (Å²) >= 11 is 1.36. The molecule has 1 amide bonds. The first-order valence-corrected chi connectivity index (χ1v) is 4.69. The Morgan fingerprint density at radius 3 is 3.23 bits per heavy atom. The number of carbonyl (C=O) groups excluding carboxylic acids is 1. The van der Waals surface area contributed by atoms with Crippen LogP contribution in [-0.4, -0.2) is 16.9 Å². The summed E-state index contributed by atoms with van der Waals surface area (Å²) in [5.41, 5.74) is 5.54. The lowest BCUT2D eigenvalue weighted by molar-refractivity contribution is -0.117. The van der Waals surface area contributed by atoms with Gasteiger partial charge in [0.05, 0.1) is 6.04 Å². The number of thiazole rings is 1. The summed E-state index contributed by atoms with van der Waals surface area (Å²) in [4.78, 5) is 15.2. The summed E-state index contributed by atoms with van der Waals surface area (Å²) in [5.74, 6) is -0.227. The predicted octanol–water partition coefficient (Wildman–Crippen LogP) is 0.985. The molecule has 0 fully saturated rings. The fourth-order valence-corrected chi connectivity index (χ4v) is 1.30. The fourth-order valence-electron chi connectivity index (χ4n) is 0.770. The average Bonchev–Trinajstić information content (AvgIpc) is 2.57. The van der Waals surface area contributed by atoms with E-state index in [0.717, 1.165) is 0 Å². The molecule has 0 saturated carbocycles. The van der Waals surface area contributed by atoms with Crippen LogP contribution in [0.15, 0.2) is 24.2 Å². The van der Waals surface area contributed by atoms with Crippen LogP contribution in [-0.2, 0) is 4.79 Å². The van der Waals surface area contributed by atoms with Gasteiger partial charge in [0, 0.05) is 11.6 Å². The molecule has 0 bridgehead atoms. The summed E-state index contributed by atoms with van der Waals surface area (Å²) in [7, 11) is 0. The molecule has 0 spiro atoms. The van der Waals surface area contributed by atoms with Crippen LogP contribution in [0.2, 0.25) is 0 Å². The molecule has 0 aliphatic carbocycles. The first-order valence-electron chi connectivity index (χ1n) is 3.81. The third-order valence-electron chi connectivity index (χ3n) is 1.42. The number of amides is 1. The highest BCUT2D eigenvalue weighted by Gasteiger charge is 2.12. The van der Waals surface area contributed by atoms with Crippen LogP contribution < -0.4 is 11.1 Å². The highest BCUT2D eigenvalue weighted by molar-refractivity contribution is 7.13. The second-order valence-corrected chi connectivity index (χ2v) is 3.35. The molecule has 4 nitrogen and oxygen atoms in total. The smallest absolute Gasteiger partial charge is 0.243 e. The fraction of sp³-hybridized carbons (Fsp3) is 0.250. The quantitative estimate of drug-likeness (QED) is 0.707. The minimum absolute atomic E-state index is 0.227. The minimum Gasteiger partial charge on any atom is -0.320 e. The van der Waals surface area contributed by atoms with Crippen molar-refractivity contribution < 1.29 is 4.79 Å². The molecule has 1 unspecified atom stereocenters. The zero-order chi connectivity index (χ0) is 9.68. The summed E-state index contributed by atoms with van der Waals surface area (Å²) < 4.78 is 0. The number of nitrogens with one attached hydrogen (secondary N) is 1. The molecule has 0 aliphatic rings. The van der Waals surface area contributed by atoms with Crippen LogP contribution in [0.1, 0.15) is 6.42 Å². The number of carbonyl (C=O) groups is 1. The number of aromatic nitrogens is 1. The molecule has 0 aliphatic heterocycles. The van der Waals surface area contributed by atoms with Crippen molar-refractivity contribution in [1.82, 2.24) is 4.98 Å². The van der Waals surface area contributed by atoms with Crippen LogP contribution in [0.5, 0.6) is 0 Å². The Bertz CT molecular complexity index is 284. The van der Waals surface area contributed by atoms with E-state index in [1.165, 1.54) is 11.3 Å². The van der Waals surface area contributed by atoms with Crippen LogP contribution in [0.4, 0.5) is 5.13 Å². The van der Waals surface area contributed by atoms with Crippen LogP contribution >= 0.6 is 11.3 Å². The molecule has 0 aromatic carbocycles. The lowest BCUT2D eigenvalue weighted by atomic mass is 10.2. The van der Waals surface area contributed by atoms with Gasteiger partial charge in [-0.2, -0.15) is 0 Å². The van der Waals surface area contributed by atoms with E-state index in [0.29, 0.717) is 11.6 Å². The van der Waals surface area contributed by atoms with Gasteiger partial charge in [-0.3, -0.25) is 4.79 Å². The van der Waals surface area contributed by atoms with E-state index in [4.69, 9.17) is 5.73 Å². The van der Waals surface area contributed by atoms with Crippen LogP contribution in [0.3, 0.4) is 0 Å². The molecule has 13 heavy (non-hydrogen) atoms. The molecule has 1 aromatic heterocycles. The van der Waals surface area contributed by atoms with Crippen molar-refractivity contribution in [3.8, 4) is 0 Å². The van der Waals surface area contributed by atoms with Crippen molar-refractivity contribution >= 4 is 22.4 Å². The Morgan fingerprint density at radius 2 is 2.69 bits per heavy atom. The topological polar surface area (TPSA) is 68.0 Å². The van der Waals surface area contributed by atoms with Gasteiger partial charge in [-0.25, -0.2) is 4.98 Å². The SMILES string of the molecule is C=CCC(N)C(=O)Nc1nccs1. The largest absolute Gasteiger partial charge is 0.320 e. The first-order chi connectivity index (χ1) is 6.24. The Kier molecular flexibility index (Phi) is 3.60. The third kappa shape index (κ3) is 2.96. The molecular formula is C8H11N3OS. The molecule has 70 valence electrons. The van der Waals surface area contributed by atoms with Gasteiger partial charge in [0.25, 0.3) is 0 Å². The molecule has 0 saturated heterocycles. The van der Waals surface area contributed by atoms with Crippen molar-refractivity contribution in [3.63, 3.8) is 0 Å². The number of hydrogen-bond donors (Lipinski definition) is 2. The highest BCUT2D eigenvalue weighted by atomic mass is 32.1. The summed E-state index contributed by atoms with van der Waals surface area (Å²) in [6.07, 6.45) is 3.71. The second kappa shape index (κ2) is 4.74. The van der Waals surface area contributed by atoms with Gasteiger partial charge < -0.3 is 11.1 Å². The normalized spacial score (nSPS) is 12.1. The van der Waals surface area contributed by atoms with E-state index >= 15 is 0 Å². The van der Waals surface area contributed by atoms with E-state index in [1.807, 2.05) is 0 Å². The maximum absolute atomic E-state index is 11.3. The van der Waals surface area contributed by atoms with E-state index in [1.54, 1.807) is 17.7 Å². The Labute approximate surface area is 80.5 Å². The molecule has 1 atom stereocenters. The standard InChI is InChI=1S/C8H11N3OS/c1-2-3-6(9)7(12)11-8-10-4-5-13-8/h2,4-6H,1,3,9H2,(H,10,11,12). The van der Waals surface area contributed by atoms with Gasteiger partial charge in [-0.1, -0.05) is 6.08 Å². The van der Waals surface area contributed by atoms with Gasteiger partial charge in [0.2, 0.25) is 5.91 Å². The van der Waals surface area contributed by atoms with Crippen molar-refractivity contribution in [2.75, 3.05) is 5.32 Å². The van der Waals surface area contributed by atoms with Gasteiger partial charge >= 0.3 is 0 Å². The predicted molar refractivity (Wildman–Crippen MR) is 53.5 cm³/mol. The number of hydrogen-bond acceptors (Lipinski definition) is 4. The van der Waals surface area contributed by atoms with Crippen molar-refractivity contribution in [2.45, 2.75) is 12.5 Å². The zero-order valence-electron chi connectivity index (χ0n) is 7.06. The first kappa shape index (κ1) is 9.88. The number of nitrogens with zero attached hydrogens (tertiary/aromatic N) is 1. The molecule has 0 radical (unpaired) electrons. The molecule has 3 N–H and O–H groups in total. The lowest BCUT2D eigenvalue weighted by Gasteiger charge is -2.07. The van der Waals surface area contributed by atoms with Gasteiger partial charge in [-0.05, 0) is 6.42 Å². The van der Waals surface area contributed by atoms with Gasteiger partial charge in [0.1, 0.15) is 0 Å². The molecule has 1 heterocycles. The van der Waals surface area contributed by atoms with Crippen molar-refractivity contribution in [1.29, 1.82) is 0 Å². The Morgan fingerprint density at radius 1 is 1.92 bits per heavy atom. The zero-order valence-corrected chi connectivity index (χ0v) is 7.88. The van der Waals surface area contributed by atoms with Gasteiger partial charge in [0.15, 0.2) is 5.13 Å². The Hall–Kier alpha value is -1.20. The van der Waals surface area contributed by atoms with E-state index in [2.05, 4.69) is 16.9 Å². The molecular weight excluding hydrogens is 186 g/mol. The highest BCUT2D eigenvalue weighted by Crippen LogP contribution is 2.10. The maximum atomic E-state index is 11.3. The van der Waals surface area contributed by atoms with E-state index in [-0.39, 0.29) is 5.91 Å². The maximum Gasteiger partial charge on any atom is 0.243 e. The minimum atomic E-state index is -0.540. The second-order valence-electron chi connectivity index (χ2n) is 2.46. The van der Waals surface area contributed by atoms with Crippen LogP contribution in [0, 0.1) is 0 Å². The lowest BCUT2D eigenvalue weighted by Crippen LogP contribution is -2.34. The van der Waals surface area contributed by atoms with E-state index in [9.17, 15) is 4.79 Å².